The van der Waals surface area contributed by atoms with Crippen molar-refractivity contribution in [3.8, 4) is 5.75 Å². The third kappa shape index (κ3) is 2.72. The zero-order valence-corrected chi connectivity index (χ0v) is 12.5. The maximum atomic E-state index is 5.89. The van der Waals surface area contributed by atoms with Crippen molar-refractivity contribution in [2.24, 2.45) is 0 Å². The molecule has 1 heteroatoms. The molecule has 0 N–H and O–H groups in total. The van der Waals surface area contributed by atoms with E-state index in [1.165, 1.54) is 29.5 Å². The Balaban J connectivity index is 1.83. The van der Waals surface area contributed by atoms with Crippen molar-refractivity contribution in [2.45, 2.75) is 45.1 Å². The van der Waals surface area contributed by atoms with Crippen LogP contribution in [0, 0.1) is 0 Å². The minimum Gasteiger partial charge on any atom is -0.488 e. The summed E-state index contributed by atoms with van der Waals surface area (Å²) in [5.41, 5.74) is 4.27. The predicted molar refractivity (Wildman–Crippen MR) is 83.4 cm³/mol. The van der Waals surface area contributed by atoms with Crippen LogP contribution < -0.4 is 4.74 Å². The van der Waals surface area contributed by atoms with Gasteiger partial charge in [0, 0.05) is 5.92 Å². The lowest BCUT2D eigenvalue weighted by molar-refractivity contribution is 0.131. The molecule has 0 radical (unpaired) electrons. The van der Waals surface area contributed by atoms with Gasteiger partial charge in [-0.2, -0.15) is 0 Å². The summed E-state index contributed by atoms with van der Waals surface area (Å²) in [6.45, 7) is 6.23. The van der Waals surface area contributed by atoms with Gasteiger partial charge in [0.2, 0.25) is 0 Å². The third-order valence-electron chi connectivity index (χ3n) is 3.84. The molecule has 1 aliphatic carbocycles. The first-order valence-corrected chi connectivity index (χ1v) is 7.40. The highest BCUT2D eigenvalue weighted by Gasteiger charge is 2.23. The highest BCUT2D eigenvalue weighted by molar-refractivity contribution is 5.43. The summed E-state index contributed by atoms with van der Waals surface area (Å²) in [5.74, 6) is 1.50. The maximum absolute atomic E-state index is 5.89. The molecule has 2 aromatic rings. The first-order valence-electron chi connectivity index (χ1n) is 7.40. The van der Waals surface area contributed by atoms with Gasteiger partial charge in [0.05, 0.1) is 0 Å². The number of ether oxygens (including phenoxy) is 1. The molecule has 1 aliphatic rings. The summed E-state index contributed by atoms with van der Waals surface area (Å²) in [5, 5.41) is 0. The summed E-state index contributed by atoms with van der Waals surface area (Å²) in [7, 11) is 0. The fourth-order valence-electron chi connectivity index (χ4n) is 3.03. The monoisotopic (exact) mass is 266 g/mol. The normalized spacial score (nSPS) is 17.9. The quantitative estimate of drug-likeness (QED) is 0.748. The SMILES string of the molecule is CC(C)(C)Oc1ccc(C2CCc3ccccc32)cc1. The molecule has 1 atom stereocenters. The molecule has 2 aromatic carbocycles. The zero-order chi connectivity index (χ0) is 14.2. The molecule has 0 fully saturated rings. The zero-order valence-electron chi connectivity index (χ0n) is 12.5. The second kappa shape index (κ2) is 4.97. The van der Waals surface area contributed by atoms with Crippen molar-refractivity contribution in [3.63, 3.8) is 0 Å². The van der Waals surface area contributed by atoms with E-state index >= 15 is 0 Å². The number of benzene rings is 2. The summed E-state index contributed by atoms with van der Waals surface area (Å²) in [6, 6.07) is 17.4. The van der Waals surface area contributed by atoms with Crippen LogP contribution in [-0.2, 0) is 6.42 Å². The molecule has 1 nitrogen and oxygen atoms in total. The minimum absolute atomic E-state index is 0.137. The van der Waals surface area contributed by atoms with E-state index in [2.05, 4.69) is 69.3 Å². The number of aryl methyl sites for hydroxylation is 1. The fraction of sp³-hybridized carbons (Fsp3) is 0.368. The van der Waals surface area contributed by atoms with Crippen LogP contribution in [0.1, 0.15) is 49.8 Å². The highest BCUT2D eigenvalue weighted by atomic mass is 16.5. The Labute approximate surface area is 121 Å². The van der Waals surface area contributed by atoms with E-state index in [-0.39, 0.29) is 5.60 Å². The lowest BCUT2D eigenvalue weighted by Gasteiger charge is -2.21. The Kier molecular flexibility index (Phi) is 3.29. The van der Waals surface area contributed by atoms with Crippen LogP contribution >= 0.6 is 0 Å². The van der Waals surface area contributed by atoms with Gasteiger partial charge in [0.1, 0.15) is 11.4 Å². The highest BCUT2D eigenvalue weighted by Crippen LogP contribution is 2.38. The molecule has 3 rings (SSSR count). The Morgan fingerprint density at radius 3 is 2.35 bits per heavy atom. The lowest BCUT2D eigenvalue weighted by Crippen LogP contribution is -2.22. The van der Waals surface area contributed by atoms with Crippen molar-refractivity contribution >= 4 is 0 Å². The molecule has 104 valence electrons. The van der Waals surface area contributed by atoms with Gasteiger partial charge >= 0.3 is 0 Å². The van der Waals surface area contributed by atoms with Gasteiger partial charge in [0.25, 0.3) is 0 Å². The number of fused-ring (bicyclic) bond motifs is 1. The molecule has 0 amide bonds. The second-order valence-corrected chi connectivity index (χ2v) is 6.57. The first-order chi connectivity index (χ1) is 9.53. The van der Waals surface area contributed by atoms with E-state index in [1.54, 1.807) is 0 Å². The van der Waals surface area contributed by atoms with E-state index in [0.717, 1.165) is 5.75 Å². The molecule has 0 bridgehead atoms. The van der Waals surface area contributed by atoms with Gasteiger partial charge in [-0.15, -0.1) is 0 Å². The van der Waals surface area contributed by atoms with Crippen LogP contribution in [0.3, 0.4) is 0 Å². The standard InChI is InChI=1S/C19H22O/c1-19(2,3)20-16-11-8-15(9-12-16)18-13-10-14-6-4-5-7-17(14)18/h4-9,11-12,18H,10,13H2,1-3H3. The Morgan fingerprint density at radius 2 is 1.65 bits per heavy atom. The number of rotatable bonds is 2. The Morgan fingerprint density at radius 1 is 0.950 bits per heavy atom. The first kappa shape index (κ1) is 13.2. The lowest BCUT2D eigenvalue weighted by atomic mass is 9.93. The number of hydrogen-bond donors (Lipinski definition) is 0. The molecule has 0 aliphatic heterocycles. The molecule has 0 saturated heterocycles. The van der Waals surface area contributed by atoms with Gasteiger partial charge in [-0.05, 0) is 62.4 Å². The van der Waals surface area contributed by atoms with E-state index < -0.39 is 0 Å². The van der Waals surface area contributed by atoms with Crippen molar-refractivity contribution in [1.82, 2.24) is 0 Å². The summed E-state index contributed by atoms with van der Waals surface area (Å²) < 4.78 is 5.89. The molecule has 0 aromatic heterocycles. The van der Waals surface area contributed by atoms with Crippen molar-refractivity contribution in [3.05, 3.63) is 65.2 Å². The molecule has 0 heterocycles. The maximum Gasteiger partial charge on any atom is 0.120 e. The van der Waals surface area contributed by atoms with E-state index in [0.29, 0.717) is 5.92 Å². The molecular formula is C19H22O. The van der Waals surface area contributed by atoms with E-state index in [1.807, 2.05) is 0 Å². The van der Waals surface area contributed by atoms with Crippen molar-refractivity contribution in [2.75, 3.05) is 0 Å². The third-order valence-corrected chi connectivity index (χ3v) is 3.84. The van der Waals surface area contributed by atoms with E-state index in [9.17, 15) is 0 Å². The Hall–Kier alpha value is -1.76. The molecule has 0 saturated carbocycles. The van der Waals surface area contributed by atoms with E-state index in [4.69, 9.17) is 4.74 Å². The van der Waals surface area contributed by atoms with Gasteiger partial charge in [-0.3, -0.25) is 0 Å². The van der Waals surface area contributed by atoms with Crippen LogP contribution in [-0.4, -0.2) is 5.60 Å². The summed E-state index contributed by atoms with van der Waals surface area (Å²) >= 11 is 0. The molecule has 20 heavy (non-hydrogen) atoms. The summed E-state index contributed by atoms with van der Waals surface area (Å²) in [4.78, 5) is 0. The molecular weight excluding hydrogens is 244 g/mol. The van der Waals surface area contributed by atoms with Crippen LogP contribution in [0.25, 0.3) is 0 Å². The smallest absolute Gasteiger partial charge is 0.120 e. The van der Waals surface area contributed by atoms with Gasteiger partial charge in [-0.25, -0.2) is 0 Å². The fourth-order valence-corrected chi connectivity index (χ4v) is 3.03. The Bertz CT molecular complexity index is 590. The van der Waals surface area contributed by atoms with Gasteiger partial charge in [0.15, 0.2) is 0 Å². The molecule has 0 spiro atoms. The van der Waals surface area contributed by atoms with Crippen molar-refractivity contribution < 1.29 is 4.74 Å². The molecule has 1 unspecified atom stereocenters. The van der Waals surface area contributed by atoms with Crippen LogP contribution in [0.4, 0.5) is 0 Å². The largest absolute Gasteiger partial charge is 0.488 e. The average Bonchev–Trinajstić information content (AvgIpc) is 2.82. The minimum atomic E-state index is -0.137. The second-order valence-electron chi connectivity index (χ2n) is 6.57. The van der Waals surface area contributed by atoms with Crippen LogP contribution in [0.15, 0.2) is 48.5 Å². The van der Waals surface area contributed by atoms with Crippen molar-refractivity contribution in [1.29, 1.82) is 0 Å². The summed E-state index contributed by atoms with van der Waals surface area (Å²) in [6.07, 6.45) is 2.42. The average molecular weight is 266 g/mol. The topological polar surface area (TPSA) is 9.23 Å². The number of hydrogen-bond acceptors (Lipinski definition) is 1. The van der Waals surface area contributed by atoms with Crippen LogP contribution in [0.2, 0.25) is 0 Å². The van der Waals surface area contributed by atoms with Crippen LogP contribution in [0.5, 0.6) is 5.75 Å². The predicted octanol–water partition coefficient (Wildman–Crippen LogP) is 4.94. The van der Waals surface area contributed by atoms with Gasteiger partial charge in [-0.1, -0.05) is 36.4 Å². The van der Waals surface area contributed by atoms with Gasteiger partial charge < -0.3 is 4.74 Å².